The van der Waals surface area contributed by atoms with E-state index in [0.717, 1.165) is 6.92 Å². The number of rotatable bonds is 6. The van der Waals surface area contributed by atoms with E-state index in [-0.39, 0.29) is 22.8 Å². The van der Waals surface area contributed by atoms with Crippen LogP contribution in [0, 0.1) is 18.8 Å². The molecule has 1 atom stereocenters. The van der Waals surface area contributed by atoms with E-state index in [2.05, 4.69) is 37.4 Å². The van der Waals surface area contributed by atoms with Crippen molar-refractivity contribution >= 4 is 17.9 Å². The molecule has 35 heavy (non-hydrogen) atoms. The van der Waals surface area contributed by atoms with Crippen LogP contribution in [0.15, 0.2) is 30.5 Å². The third kappa shape index (κ3) is 5.75. The van der Waals surface area contributed by atoms with Crippen molar-refractivity contribution in [3.05, 3.63) is 53.0 Å². The molecule has 10 nitrogen and oxygen atoms in total. The van der Waals surface area contributed by atoms with E-state index in [9.17, 15) is 23.5 Å². The van der Waals surface area contributed by atoms with Crippen molar-refractivity contribution in [1.29, 1.82) is 0 Å². The standard InChI is InChI=1S/C23H22F2N6O4/c1-5-23(24,25)14(3)35-22(34)28-20-19(29-30-31(20)4)17-11-10-15(13(2)27-17)8-9-16-7-6-12-26-18(16)21(32)33/h6-7,10-12,14H,5H2,1-4H3,(H,28,34)(H,32,33)/t14-/m1/s1. The fraction of sp³-hybridized carbons (Fsp3) is 0.304. The highest BCUT2D eigenvalue weighted by atomic mass is 19.3. The van der Waals surface area contributed by atoms with Crippen LogP contribution < -0.4 is 5.32 Å². The number of aryl methyl sites for hydroxylation is 2. The summed E-state index contributed by atoms with van der Waals surface area (Å²) < 4.78 is 33.5. The summed E-state index contributed by atoms with van der Waals surface area (Å²) in [7, 11) is 1.51. The van der Waals surface area contributed by atoms with E-state index in [4.69, 9.17) is 4.74 Å². The number of alkyl halides is 2. The van der Waals surface area contributed by atoms with E-state index in [1.54, 1.807) is 31.2 Å². The van der Waals surface area contributed by atoms with Crippen LogP contribution in [-0.4, -0.2) is 54.2 Å². The molecule has 2 N–H and O–H groups in total. The number of halogens is 2. The van der Waals surface area contributed by atoms with Gasteiger partial charge in [-0.2, -0.15) is 0 Å². The highest BCUT2D eigenvalue weighted by Crippen LogP contribution is 2.27. The number of amides is 1. The number of hydrogen-bond donors (Lipinski definition) is 2. The third-order valence-corrected chi connectivity index (χ3v) is 5.07. The third-order valence-electron chi connectivity index (χ3n) is 5.07. The van der Waals surface area contributed by atoms with Crippen LogP contribution >= 0.6 is 0 Å². The first-order valence-corrected chi connectivity index (χ1v) is 10.5. The number of hydrogen-bond acceptors (Lipinski definition) is 7. The van der Waals surface area contributed by atoms with Crippen molar-refractivity contribution in [2.24, 2.45) is 7.05 Å². The minimum Gasteiger partial charge on any atom is -0.476 e. The van der Waals surface area contributed by atoms with E-state index >= 15 is 0 Å². The fourth-order valence-electron chi connectivity index (χ4n) is 2.97. The van der Waals surface area contributed by atoms with Gasteiger partial charge in [-0.25, -0.2) is 33.0 Å². The predicted molar refractivity (Wildman–Crippen MR) is 121 cm³/mol. The fourth-order valence-corrected chi connectivity index (χ4v) is 2.97. The van der Waals surface area contributed by atoms with Gasteiger partial charge in [-0.15, -0.1) is 5.10 Å². The van der Waals surface area contributed by atoms with Gasteiger partial charge < -0.3 is 9.84 Å². The minimum atomic E-state index is -3.17. The molecular weight excluding hydrogens is 462 g/mol. The summed E-state index contributed by atoms with van der Waals surface area (Å²) in [5.41, 5.74) is 1.67. The second-order valence-electron chi connectivity index (χ2n) is 7.48. The molecule has 12 heteroatoms. The van der Waals surface area contributed by atoms with Crippen molar-refractivity contribution in [2.45, 2.75) is 39.2 Å². The zero-order valence-corrected chi connectivity index (χ0v) is 19.3. The van der Waals surface area contributed by atoms with Crippen LogP contribution in [0.2, 0.25) is 0 Å². The zero-order valence-electron chi connectivity index (χ0n) is 19.3. The topological polar surface area (TPSA) is 132 Å². The van der Waals surface area contributed by atoms with Gasteiger partial charge in [-0.05, 0) is 38.1 Å². The number of nitrogens with zero attached hydrogens (tertiary/aromatic N) is 5. The van der Waals surface area contributed by atoms with E-state index in [1.807, 2.05) is 0 Å². The van der Waals surface area contributed by atoms with Gasteiger partial charge in [-0.3, -0.25) is 5.32 Å². The van der Waals surface area contributed by atoms with Crippen LogP contribution in [0.25, 0.3) is 11.4 Å². The Morgan fingerprint density at radius 3 is 2.63 bits per heavy atom. The second kappa shape index (κ2) is 10.3. The number of carbonyl (C=O) groups is 2. The van der Waals surface area contributed by atoms with Gasteiger partial charge in [0.25, 0.3) is 5.92 Å². The van der Waals surface area contributed by atoms with Gasteiger partial charge in [0, 0.05) is 25.2 Å². The highest BCUT2D eigenvalue weighted by molar-refractivity contribution is 5.89. The number of carboxylic acids is 1. The number of anilines is 1. The molecule has 3 aromatic heterocycles. The van der Waals surface area contributed by atoms with Crippen LogP contribution in [-0.2, 0) is 11.8 Å². The lowest BCUT2D eigenvalue weighted by molar-refractivity contribution is -0.102. The largest absolute Gasteiger partial charge is 0.476 e. The van der Waals surface area contributed by atoms with E-state index in [1.165, 1.54) is 24.9 Å². The molecule has 0 bridgehead atoms. The Kier molecular flexibility index (Phi) is 7.39. The highest BCUT2D eigenvalue weighted by Gasteiger charge is 2.37. The number of carbonyl (C=O) groups excluding carboxylic acids is 1. The van der Waals surface area contributed by atoms with Gasteiger partial charge in [0.15, 0.2) is 23.3 Å². The summed E-state index contributed by atoms with van der Waals surface area (Å²) in [6.45, 7) is 4.10. The molecule has 0 unspecified atom stereocenters. The van der Waals surface area contributed by atoms with Crippen LogP contribution in [0.5, 0.6) is 0 Å². The summed E-state index contributed by atoms with van der Waals surface area (Å²) in [6.07, 6.45) is -1.82. The molecule has 0 radical (unpaired) electrons. The lowest BCUT2D eigenvalue weighted by atomic mass is 10.1. The minimum absolute atomic E-state index is 0.106. The molecule has 0 aliphatic rings. The number of carboxylic acid groups (broad SMARTS) is 1. The first-order valence-electron chi connectivity index (χ1n) is 10.5. The zero-order chi connectivity index (χ0) is 25.8. The van der Waals surface area contributed by atoms with E-state index in [0.29, 0.717) is 17.0 Å². The molecule has 0 aliphatic carbocycles. The summed E-state index contributed by atoms with van der Waals surface area (Å²) >= 11 is 0. The van der Waals surface area contributed by atoms with Crippen molar-refractivity contribution in [1.82, 2.24) is 25.0 Å². The molecule has 3 aromatic rings. The maximum Gasteiger partial charge on any atom is 0.413 e. The smallest absolute Gasteiger partial charge is 0.413 e. The molecule has 0 saturated carbocycles. The summed E-state index contributed by atoms with van der Waals surface area (Å²) in [4.78, 5) is 31.8. The summed E-state index contributed by atoms with van der Waals surface area (Å²) in [5, 5.41) is 19.5. The van der Waals surface area contributed by atoms with Crippen LogP contribution in [0.3, 0.4) is 0 Å². The lowest BCUT2D eigenvalue weighted by Crippen LogP contribution is -2.36. The molecule has 182 valence electrons. The predicted octanol–water partition coefficient (Wildman–Crippen LogP) is 3.66. The Hall–Kier alpha value is -4.40. The molecule has 1 amide bonds. The monoisotopic (exact) mass is 484 g/mol. The van der Waals surface area contributed by atoms with Gasteiger partial charge in [-0.1, -0.05) is 24.0 Å². The first-order chi connectivity index (χ1) is 16.5. The maximum atomic E-state index is 13.7. The quantitative estimate of drug-likeness (QED) is 0.507. The second-order valence-corrected chi connectivity index (χ2v) is 7.48. The number of aromatic nitrogens is 5. The van der Waals surface area contributed by atoms with Gasteiger partial charge in [0.1, 0.15) is 0 Å². The first kappa shape index (κ1) is 25.2. The number of aromatic carboxylic acids is 1. The average Bonchev–Trinajstić information content (AvgIpc) is 3.18. The van der Waals surface area contributed by atoms with Gasteiger partial charge in [0.05, 0.1) is 17.0 Å². The van der Waals surface area contributed by atoms with Gasteiger partial charge >= 0.3 is 12.1 Å². The Morgan fingerprint density at radius 2 is 1.97 bits per heavy atom. The molecule has 0 spiro atoms. The number of pyridine rings is 2. The molecule has 0 aliphatic heterocycles. The van der Waals surface area contributed by atoms with Crippen molar-refractivity contribution < 1.29 is 28.2 Å². The van der Waals surface area contributed by atoms with Crippen LogP contribution in [0.4, 0.5) is 19.4 Å². The van der Waals surface area contributed by atoms with Crippen molar-refractivity contribution in [2.75, 3.05) is 5.32 Å². The molecule has 0 aromatic carbocycles. The molecule has 0 fully saturated rings. The normalized spacial score (nSPS) is 11.8. The van der Waals surface area contributed by atoms with Gasteiger partial charge in [0.2, 0.25) is 0 Å². The van der Waals surface area contributed by atoms with Crippen molar-refractivity contribution in [3.63, 3.8) is 0 Å². The molecule has 0 saturated heterocycles. The average molecular weight is 484 g/mol. The lowest BCUT2D eigenvalue weighted by Gasteiger charge is -2.22. The Labute approximate surface area is 199 Å². The maximum absolute atomic E-state index is 13.7. The summed E-state index contributed by atoms with van der Waals surface area (Å²) in [6, 6.07) is 6.38. The molecular formula is C23H22F2N6O4. The van der Waals surface area contributed by atoms with Crippen LogP contribution in [0.1, 0.15) is 47.6 Å². The Morgan fingerprint density at radius 1 is 1.26 bits per heavy atom. The van der Waals surface area contributed by atoms with Crippen molar-refractivity contribution in [3.8, 4) is 23.2 Å². The Balaban J connectivity index is 1.84. The van der Waals surface area contributed by atoms with E-state index < -0.39 is 30.5 Å². The summed E-state index contributed by atoms with van der Waals surface area (Å²) in [5.74, 6) is 1.42. The molecule has 3 heterocycles. The Bertz CT molecular complexity index is 1330. The number of nitrogens with one attached hydrogen (secondary N) is 1. The number of ether oxygens (including phenoxy) is 1. The SMILES string of the molecule is CCC(F)(F)[C@@H](C)OC(=O)Nc1c(-c2ccc(C#Cc3cccnc3C(=O)O)c(C)n2)nnn1C. The molecule has 3 rings (SSSR count).